The molecule has 0 atom stereocenters. The summed E-state index contributed by atoms with van der Waals surface area (Å²) in [6.07, 6.45) is 0. The van der Waals surface area contributed by atoms with Gasteiger partial charge in [-0.05, 0) is 24.3 Å². The van der Waals surface area contributed by atoms with E-state index in [1.165, 1.54) is 12.1 Å². The number of benzene rings is 2. The van der Waals surface area contributed by atoms with Crippen LogP contribution in [0.15, 0.2) is 36.4 Å². The highest BCUT2D eigenvalue weighted by Crippen LogP contribution is 2.30. The molecule has 0 saturated heterocycles. The maximum atomic E-state index is 13.8. The summed E-state index contributed by atoms with van der Waals surface area (Å²) in [4.78, 5) is 11.1. The third-order valence-electron chi connectivity index (χ3n) is 3.01. The summed E-state index contributed by atoms with van der Waals surface area (Å²) in [5, 5.41) is 16.0. The lowest BCUT2D eigenvalue weighted by Gasteiger charge is -2.01. The van der Waals surface area contributed by atoms with Gasteiger partial charge >= 0.3 is 5.97 Å². The van der Waals surface area contributed by atoms with E-state index in [4.69, 9.17) is 5.11 Å². The van der Waals surface area contributed by atoms with E-state index in [2.05, 4.69) is 10.2 Å². The first-order valence-electron chi connectivity index (χ1n) is 5.73. The first kappa shape index (κ1) is 12.3. The maximum Gasteiger partial charge on any atom is 0.337 e. The molecule has 0 aliphatic heterocycles. The summed E-state index contributed by atoms with van der Waals surface area (Å²) >= 11 is 0. The maximum absolute atomic E-state index is 13.8. The van der Waals surface area contributed by atoms with Crippen LogP contribution in [-0.2, 0) is 0 Å². The van der Waals surface area contributed by atoms with E-state index in [9.17, 15) is 13.6 Å². The molecule has 0 aliphatic carbocycles. The van der Waals surface area contributed by atoms with Crippen LogP contribution in [0.1, 0.15) is 10.4 Å². The molecule has 0 amide bonds. The molecule has 0 saturated carbocycles. The third kappa shape index (κ3) is 1.82. The molecule has 0 bridgehead atoms. The van der Waals surface area contributed by atoms with Crippen molar-refractivity contribution in [3.63, 3.8) is 0 Å². The zero-order chi connectivity index (χ0) is 14.3. The summed E-state index contributed by atoms with van der Waals surface area (Å²) in [5.74, 6) is -2.34. The van der Waals surface area contributed by atoms with E-state index in [0.29, 0.717) is 5.39 Å². The Hall–Kier alpha value is -2.76. The van der Waals surface area contributed by atoms with E-state index in [0.717, 1.165) is 18.2 Å². The number of hydrogen-bond acceptors (Lipinski definition) is 2. The van der Waals surface area contributed by atoms with E-state index in [-0.39, 0.29) is 22.3 Å². The second-order valence-corrected chi connectivity index (χ2v) is 4.23. The largest absolute Gasteiger partial charge is 0.478 e. The summed E-state index contributed by atoms with van der Waals surface area (Å²) in [6, 6.07) is 7.59. The number of H-pyrrole nitrogens is 1. The van der Waals surface area contributed by atoms with Gasteiger partial charge in [0.2, 0.25) is 0 Å². The molecule has 3 rings (SSSR count). The number of hydrogen-bond donors (Lipinski definition) is 2. The molecule has 0 aliphatic rings. The Bertz CT molecular complexity index is 827. The van der Waals surface area contributed by atoms with Gasteiger partial charge in [-0.25, -0.2) is 13.6 Å². The van der Waals surface area contributed by atoms with Crippen LogP contribution in [0.3, 0.4) is 0 Å². The van der Waals surface area contributed by atoms with Crippen LogP contribution in [-0.4, -0.2) is 21.3 Å². The average molecular weight is 274 g/mol. The van der Waals surface area contributed by atoms with Crippen molar-refractivity contribution in [2.75, 3.05) is 0 Å². The summed E-state index contributed by atoms with van der Waals surface area (Å²) < 4.78 is 27.0. The van der Waals surface area contributed by atoms with Gasteiger partial charge in [0.1, 0.15) is 17.3 Å². The van der Waals surface area contributed by atoms with Crippen molar-refractivity contribution in [1.82, 2.24) is 10.2 Å². The van der Waals surface area contributed by atoms with E-state index in [1.807, 2.05) is 0 Å². The van der Waals surface area contributed by atoms with Crippen LogP contribution >= 0.6 is 0 Å². The number of rotatable bonds is 2. The minimum atomic E-state index is -1.12. The molecule has 0 fully saturated rings. The third-order valence-corrected chi connectivity index (χ3v) is 3.01. The lowest BCUT2D eigenvalue weighted by atomic mass is 10.0. The molecule has 0 spiro atoms. The molecule has 1 aromatic heterocycles. The van der Waals surface area contributed by atoms with Gasteiger partial charge in [0.25, 0.3) is 0 Å². The number of nitrogens with zero attached hydrogens (tertiary/aromatic N) is 1. The predicted octanol–water partition coefficient (Wildman–Crippen LogP) is 3.21. The monoisotopic (exact) mass is 274 g/mol. The number of nitrogens with one attached hydrogen (secondary N) is 1. The van der Waals surface area contributed by atoms with Gasteiger partial charge in [-0.15, -0.1) is 0 Å². The SMILES string of the molecule is O=C(O)c1cccc2c(-c3cc(F)ccc3F)n[nH]c12. The Morgan fingerprint density at radius 3 is 2.75 bits per heavy atom. The van der Waals surface area contributed by atoms with Gasteiger partial charge < -0.3 is 5.11 Å². The normalized spacial score (nSPS) is 10.9. The van der Waals surface area contributed by atoms with E-state index in [1.54, 1.807) is 6.07 Å². The Morgan fingerprint density at radius 1 is 1.20 bits per heavy atom. The standard InChI is InChI=1S/C14H8F2N2O2/c15-7-4-5-11(16)10(6-7)13-8-2-1-3-9(14(19)20)12(8)17-18-13/h1-6H,(H,17,18)(H,19,20). The van der Waals surface area contributed by atoms with Crippen molar-refractivity contribution in [1.29, 1.82) is 0 Å². The van der Waals surface area contributed by atoms with Crippen molar-refractivity contribution in [2.24, 2.45) is 0 Å². The number of fused-ring (bicyclic) bond motifs is 1. The molecule has 1 heterocycles. The Kier molecular flexibility index (Phi) is 2.71. The molecular formula is C14H8F2N2O2. The fourth-order valence-corrected chi connectivity index (χ4v) is 2.10. The van der Waals surface area contributed by atoms with Gasteiger partial charge in [0.05, 0.1) is 11.1 Å². The average Bonchev–Trinajstić information content (AvgIpc) is 2.85. The van der Waals surface area contributed by atoms with Crippen molar-refractivity contribution < 1.29 is 18.7 Å². The first-order valence-corrected chi connectivity index (χ1v) is 5.73. The second kappa shape index (κ2) is 4.41. The van der Waals surface area contributed by atoms with Crippen molar-refractivity contribution in [3.8, 4) is 11.3 Å². The molecule has 20 heavy (non-hydrogen) atoms. The number of carboxylic acids is 1. The number of carbonyl (C=O) groups is 1. The Morgan fingerprint density at radius 2 is 2.00 bits per heavy atom. The lowest BCUT2D eigenvalue weighted by molar-refractivity contribution is 0.0699. The van der Waals surface area contributed by atoms with Gasteiger partial charge in [-0.1, -0.05) is 12.1 Å². The van der Waals surface area contributed by atoms with Gasteiger partial charge in [0.15, 0.2) is 0 Å². The van der Waals surface area contributed by atoms with Crippen molar-refractivity contribution in [3.05, 3.63) is 53.6 Å². The molecule has 3 aromatic rings. The van der Waals surface area contributed by atoms with Crippen LogP contribution in [0.4, 0.5) is 8.78 Å². The van der Waals surface area contributed by atoms with Crippen LogP contribution in [0, 0.1) is 11.6 Å². The summed E-state index contributed by atoms with van der Waals surface area (Å²) in [7, 11) is 0. The minimum Gasteiger partial charge on any atom is -0.478 e. The first-order chi connectivity index (χ1) is 9.58. The molecule has 6 heteroatoms. The highest BCUT2D eigenvalue weighted by Gasteiger charge is 2.17. The predicted molar refractivity (Wildman–Crippen MR) is 68.4 cm³/mol. The summed E-state index contributed by atoms with van der Waals surface area (Å²) in [5.41, 5.74) is 0.468. The number of para-hydroxylation sites is 1. The molecular weight excluding hydrogens is 266 g/mol. The molecule has 0 unspecified atom stereocenters. The van der Waals surface area contributed by atoms with Crippen LogP contribution in [0.2, 0.25) is 0 Å². The lowest BCUT2D eigenvalue weighted by Crippen LogP contribution is -1.96. The molecule has 2 aromatic carbocycles. The zero-order valence-corrected chi connectivity index (χ0v) is 10.0. The number of aromatic nitrogens is 2. The molecule has 0 radical (unpaired) electrons. The van der Waals surface area contributed by atoms with Crippen LogP contribution < -0.4 is 0 Å². The van der Waals surface area contributed by atoms with E-state index < -0.39 is 17.6 Å². The van der Waals surface area contributed by atoms with Crippen LogP contribution in [0.25, 0.3) is 22.2 Å². The van der Waals surface area contributed by atoms with Crippen molar-refractivity contribution in [2.45, 2.75) is 0 Å². The zero-order valence-electron chi connectivity index (χ0n) is 10.0. The summed E-state index contributed by atoms with van der Waals surface area (Å²) in [6.45, 7) is 0. The Balaban J connectivity index is 2.31. The quantitative estimate of drug-likeness (QED) is 0.754. The molecule has 4 nitrogen and oxygen atoms in total. The van der Waals surface area contributed by atoms with E-state index >= 15 is 0 Å². The fraction of sp³-hybridized carbons (Fsp3) is 0. The smallest absolute Gasteiger partial charge is 0.337 e. The number of carboxylic acid groups (broad SMARTS) is 1. The highest BCUT2D eigenvalue weighted by atomic mass is 19.1. The topological polar surface area (TPSA) is 66.0 Å². The van der Waals surface area contributed by atoms with Crippen molar-refractivity contribution >= 4 is 16.9 Å². The number of aromatic amines is 1. The highest BCUT2D eigenvalue weighted by molar-refractivity contribution is 6.05. The number of aromatic carboxylic acids is 1. The van der Waals surface area contributed by atoms with Crippen LogP contribution in [0.5, 0.6) is 0 Å². The fourth-order valence-electron chi connectivity index (χ4n) is 2.10. The molecule has 2 N–H and O–H groups in total. The number of halogens is 2. The molecule has 100 valence electrons. The minimum absolute atomic E-state index is 0.0150. The van der Waals surface area contributed by atoms with Gasteiger partial charge in [-0.3, -0.25) is 5.10 Å². The second-order valence-electron chi connectivity index (χ2n) is 4.23. The van der Waals surface area contributed by atoms with Gasteiger partial charge in [0, 0.05) is 10.9 Å². The Labute approximate surface area is 111 Å². The van der Waals surface area contributed by atoms with Gasteiger partial charge in [-0.2, -0.15) is 5.10 Å².